The monoisotopic (exact) mass is 380 g/mol. The molecular weight excluding hydrogens is 359 g/mol. The molecule has 0 aliphatic heterocycles. The standard InChI is InChI=1S/C18H22Cl2N4O/c19-15-7-6-14(10-16(15)20)24-9-8-17(23-24)22-18(25)12-21-11-13-4-2-1-3-5-13/h6-10,13,21H,1-5,11-12H2,(H,22,23,25). The summed E-state index contributed by atoms with van der Waals surface area (Å²) in [6.45, 7) is 1.21. The van der Waals surface area contributed by atoms with Crippen LogP contribution in [0, 0.1) is 5.92 Å². The number of nitrogens with zero attached hydrogens (tertiary/aromatic N) is 2. The minimum atomic E-state index is -0.0878. The van der Waals surface area contributed by atoms with Gasteiger partial charge in [-0.3, -0.25) is 4.79 Å². The second kappa shape index (κ2) is 8.70. The Hall–Kier alpha value is -1.56. The van der Waals surface area contributed by atoms with Gasteiger partial charge in [-0.25, -0.2) is 4.68 Å². The maximum absolute atomic E-state index is 12.0. The van der Waals surface area contributed by atoms with Crippen molar-refractivity contribution in [3.8, 4) is 5.69 Å². The molecule has 2 aromatic rings. The molecule has 1 aliphatic carbocycles. The molecule has 1 saturated carbocycles. The molecule has 3 rings (SSSR count). The largest absolute Gasteiger partial charge is 0.308 e. The third kappa shape index (κ3) is 5.21. The Morgan fingerprint density at radius 2 is 1.96 bits per heavy atom. The van der Waals surface area contributed by atoms with E-state index in [1.165, 1.54) is 32.1 Å². The lowest BCUT2D eigenvalue weighted by molar-refractivity contribution is -0.115. The first-order chi connectivity index (χ1) is 12.1. The smallest absolute Gasteiger partial charge is 0.239 e. The second-order valence-electron chi connectivity index (χ2n) is 6.43. The summed E-state index contributed by atoms with van der Waals surface area (Å²) in [5, 5.41) is 11.4. The Balaban J connectivity index is 1.48. The normalized spacial score (nSPS) is 15.3. The Morgan fingerprint density at radius 3 is 2.72 bits per heavy atom. The maximum Gasteiger partial charge on any atom is 0.239 e. The molecule has 1 aromatic heterocycles. The predicted molar refractivity (Wildman–Crippen MR) is 102 cm³/mol. The van der Waals surface area contributed by atoms with E-state index in [9.17, 15) is 4.79 Å². The third-order valence-corrected chi connectivity index (χ3v) is 5.21. The summed E-state index contributed by atoms with van der Waals surface area (Å²) >= 11 is 11.9. The van der Waals surface area contributed by atoms with E-state index in [2.05, 4.69) is 15.7 Å². The summed E-state index contributed by atoms with van der Waals surface area (Å²) in [4.78, 5) is 12.0. The van der Waals surface area contributed by atoms with Gasteiger partial charge in [0.1, 0.15) is 0 Å². The summed E-state index contributed by atoms with van der Waals surface area (Å²) in [5.74, 6) is 1.13. The number of hydrogen-bond donors (Lipinski definition) is 2. The van der Waals surface area contributed by atoms with Gasteiger partial charge in [0.2, 0.25) is 5.91 Å². The van der Waals surface area contributed by atoms with Gasteiger partial charge in [0.15, 0.2) is 5.82 Å². The summed E-state index contributed by atoms with van der Waals surface area (Å²) in [7, 11) is 0. The van der Waals surface area contributed by atoms with Crippen LogP contribution in [0.4, 0.5) is 5.82 Å². The Morgan fingerprint density at radius 1 is 1.16 bits per heavy atom. The topological polar surface area (TPSA) is 59.0 Å². The molecule has 25 heavy (non-hydrogen) atoms. The fourth-order valence-electron chi connectivity index (χ4n) is 3.13. The van der Waals surface area contributed by atoms with Crippen LogP contribution in [-0.2, 0) is 4.79 Å². The number of carbonyl (C=O) groups is 1. The van der Waals surface area contributed by atoms with Crippen LogP contribution in [-0.4, -0.2) is 28.8 Å². The van der Waals surface area contributed by atoms with Crippen molar-refractivity contribution in [2.24, 2.45) is 5.92 Å². The SMILES string of the molecule is O=C(CNCC1CCCCC1)Nc1ccn(-c2ccc(Cl)c(Cl)c2)n1. The van der Waals surface area contributed by atoms with E-state index in [1.54, 1.807) is 29.1 Å². The molecule has 0 radical (unpaired) electrons. The zero-order valence-corrected chi connectivity index (χ0v) is 15.5. The van der Waals surface area contributed by atoms with Gasteiger partial charge in [-0.1, -0.05) is 42.5 Å². The molecule has 1 aromatic carbocycles. The van der Waals surface area contributed by atoms with Gasteiger partial charge >= 0.3 is 0 Å². The lowest BCUT2D eigenvalue weighted by Gasteiger charge is -2.21. The van der Waals surface area contributed by atoms with Crippen molar-refractivity contribution < 1.29 is 4.79 Å². The molecule has 1 aliphatic rings. The highest BCUT2D eigenvalue weighted by atomic mass is 35.5. The van der Waals surface area contributed by atoms with Crippen LogP contribution in [0.3, 0.4) is 0 Å². The van der Waals surface area contributed by atoms with Crippen LogP contribution < -0.4 is 10.6 Å². The first-order valence-electron chi connectivity index (χ1n) is 8.63. The van der Waals surface area contributed by atoms with Gasteiger partial charge in [-0.2, -0.15) is 5.10 Å². The van der Waals surface area contributed by atoms with Crippen LogP contribution in [0.15, 0.2) is 30.5 Å². The van der Waals surface area contributed by atoms with Crippen LogP contribution in [0.2, 0.25) is 10.0 Å². The molecular formula is C18H22Cl2N4O. The lowest BCUT2D eigenvalue weighted by atomic mass is 9.89. The van der Waals surface area contributed by atoms with Crippen molar-refractivity contribution in [1.29, 1.82) is 0 Å². The average Bonchev–Trinajstić information content (AvgIpc) is 3.06. The summed E-state index contributed by atoms with van der Waals surface area (Å²) in [6, 6.07) is 7.02. The molecule has 0 saturated heterocycles. The maximum atomic E-state index is 12.0. The molecule has 1 fully saturated rings. The molecule has 0 unspecified atom stereocenters. The second-order valence-corrected chi connectivity index (χ2v) is 7.24. The first-order valence-corrected chi connectivity index (χ1v) is 9.39. The van der Waals surface area contributed by atoms with E-state index in [0.29, 0.717) is 28.3 Å². The highest BCUT2D eigenvalue weighted by Gasteiger charge is 2.13. The van der Waals surface area contributed by atoms with Crippen molar-refractivity contribution >= 4 is 34.9 Å². The molecule has 1 heterocycles. The average molecular weight is 381 g/mol. The summed E-state index contributed by atoms with van der Waals surface area (Å²) in [6.07, 6.45) is 8.27. The molecule has 0 atom stereocenters. The molecule has 0 spiro atoms. The fraction of sp³-hybridized carbons (Fsp3) is 0.444. The number of carbonyl (C=O) groups excluding carboxylic acids is 1. The zero-order valence-electron chi connectivity index (χ0n) is 14.0. The van der Waals surface area contributed by atoms with Gasteiger partial charge in [-0.15, -0.1) is 0 Å². The van der Waals surface area contributed by atoms with Crippen LogP contribution in [0.25, 0.3) is 5.69 Å². The number of amides is 1. The number of anilines is 1. The third-order valence-electron chi connectivity index (χ3n) is 4.47. The van der Waals surface area contributed by atoms with Crippen molar-refractivity contribution in [2.75, 3.05) is 18.4 Å². The summed E-state index contributed by atoms with van der Waals surface area (Å²) in [5.41, 5.74) is 0.783. The van der Waals surface area contributed by atoms with Crippen LogP contribution in [0.1, 0.15) is 32.1 Å². The number of aromatic nitrogens is 2. The van der Waals surface area contributed by atoms with E-state index < -0.39 is 0 Å². The number of benzene rings is 1. The van der Waals surface area contributed by atoms with Crippen molar-refractivity contribution in [3.63, 3.8) is 0 Å². The van der Waals surface area contributed by atoms with E-state index in [4.69, 9.17) is 23.2 Å². The lowest BCUT2D eigenvalue weighted by Crippen LogP contribution is -2.32. The highest BCUT2D eigenvalue weighted by Crippen LogP contribution is 2.24. The van der Waals surface area contributed by atoms with E-state index in [1.807, 2.05) is 6.07 Å². The molecule has 134 valence electrons. The number of nitrogens with one attached hydrogen (secondary N) is 2. The molecule has 5 nitrogen and oxygen atoms in total. The number of rotatable bonds is 6. The minimum absolute atomic E-state index is 0.0878. The Bertz CT molecular complexity index is 726. The van der Waals surface area contributed by atoms with Crippen LogP contribution in [0.5, 0.6) is 0 Å². The fourth-order valence-corrected chi connectivity index (χ4v) is 3.42. The zero-order chi connectivity index (χ0) is 17.6. The molecule has 2 N–H and O–H groups in total. The van der Waals surface area contributed by atoms with Gasteiger partial charge < -0.3 is 10.6 Å². The highest BCUT2D eigenvalue weighted by molar-refractivity contribution is 6.42. The minimum Gasteiger partial charge on any atom is -0.308 e. The van der Waals surface area contributed by atoms with Gasteiger partial charge in [0.05, 0.1) is 22.3 Å². The van der Waals surface area contributed by atoms with Crippen molar-refractivity contribution in [3.05, 3.63) is 40.5 Å². The van der Waals surface area contributed by atoms with E-state index in [0.717, 1.165) is 12.2 Å². The van der Waals surface area contributed by atoms with Gasteiger partial charge in [-0.05, 0) is 43.5 Å². The van der Waals surface area contributed by atoms with Crippen LogP contribution >= 0.6 is 23.2 Å². The van der Waals surface area contributed by atoms with Gasteiger partial charge in [0.25, 0.3) is 0 Å². The Labute approximate surface area is 157 Å². The molecule has 7 heteroatoms. The number of halogens is 2. The van der Waals surface area contributed by atoms with Crippen molar-refractivity contribution in [1.82, 2.24) is 15.1 Å². The Kier molecular flexibility index (Phi) is 6.34. The van der Waals surface area contributed by atoms with Gasteiger partial charge in [0, 0.05) is 12.3 Å². The first kappa shape index (κ1) is 18.2. The molecule has 1 amide bonds. The van der Waals surface area contributed by atoms with E-state index in [-0.39, 0.29) is 5.91 Å². The van der Waals surface area contributed by atoms with E-state index >= 15 is 0 Å². The quantitative estimate of drug-likeness (QED) is 0.785. The predicted octanol–water partition coefficient (Wildman–Crippen LogP) is 4.29. The summed E-state index contributed by atoms with van der Waals surface area (Å²) < 4.78 is 1.65. The number of hydrogen-bond acceptors (Lipinski definition) is 3. The van der Waals surface area contributed by atoms with Crippen molar-refractivity contribution in [2.45, 2.75) is 32.1 Å². The molecule has 0 bridgehead atoms.